The van der Waals surface area contributed by atoms with Crippen LogP contribution in [0.15, 0.2) is 18.2 Å². The Morgan fingerprint density at radius 2 is 1.38 bits per heavy atom. The van der Waals surface area contributed by atoms with Gasteiger partial charge in [-0.15, -0.1) is 0 Å². The van der Waals surface area contributed by atoms with Crippen molar-refractivity contribution in [3.8, 4) is 0 Å². The summed E-state index contributed by atoms with van der Waals surface area (Å²) in [4.78, 5) is 25.3. The second-order valence-electron chi connectivity index (χ2n) is 7.27. The fraction of sp³-hybridized carbons (Fsp3) is 0.579. The number of hydrogen-bond acceptors (Lipinski definition) is 7. The van der Waals surface area contributed by atoms with Gasteiger partial charge in [-0.05, 0) is 26.0 Å². The lowest BCUT2D eigenvalue weighted by atomic mass is 9.64. The van der Waals surface area contributed by atoms with E-state index in [0.717, 1.165) is 26.0 Å². The highest BCUT2D eigenvalue weighted by Gasteiger charge is 2.78. The first-order valence-electron chi connectivity index (χ1n) is 9.62. The zero-order valence-electron chi connectivity index (χ0n) is 17.4. The van der Waals surface area contributed by atoms with E-state index < -0.39 is 83.1 Å². The number of piperidine rings is 1. The Morgan fingerprint density at radius 1 is 0.971 bits per heavy atom. The number of carbonyl (C=O) groups excluding carboxylic acids is 2. The average Bonchev–Trinajstić information content (AvgIpc) is 2.66. The molecular weight excluding hydrogens is 507 g/mol. The summed E-state index contributed by atoms with van der Waals surface area (Å²) in [6.45, 7) is 1.07. The lowest BCUT2D eigenvalue weighted by Gasteiger charge is -2.54. The molecule has 7 nitrogen and oxygen atoms in total. The second-order valence-corrected chi connectivity index (χ2v) is 7.68. The molecule has 1 saturated heterocycles. The minimum Gasteiger partial charge on any atom is -0.466 e. The van der Waals surface area contributed by atoms with Crippen molar-refractivity contribution in [3.63, 3.8) is 0 Å². The van der Waals surface area contributed by atoms with Crippen molar-refractivity contribution in [1.82, 2.24) is 5.32 Å². The molecule has 1 unspecified atom stereocenters. The summed E-state index contributed by atoms with van der Waals surface area (Å²) in [7, 11) is 0. The Hall–Kier alpha value is -2.16. The molecule has 3 N–H and O–H groups in total. The third-order valence-electron chi connectivity index (χ3n) is 5.28. The van der Waals surface area contributed by atoms with Gasteiger partial charge in [0.25, 0.3) is 0 Å². The number of benzene rings is 1. The minimum atomic E-state index is -6.08. The van der Waals surface area contributed by atoms with Crippen molar-refractivity contribution in [3.05, 3.63) is 34.6 Å². The topological polar surface area (TPSA) is 105 Å². The predicted octanol–water partition coefficient (Wildman–Crippen LogP) is 3.03. The third-order valence-corrected chi connectivity index (χ3v) is 5.61. The van der Waals surface area contributed by atoms with Crippen molar-refractivity contribution >= 4 is 23.5 Å². The van der Waals surface area contributed by atoms with E-state index >= 15 is 0 Å². The van der Waals surface area contributed by atoms with Crippen LogP contribution in [0.1, 0.15) is 25.3 Å². The molecule has 0 saturated carbocycles. The molecule has 1 heterocycles. The Morgan fingerprint density at radius 3 is 1.71 bits per heavy atom. The Bertz CT molecular complexity index is 874. The fourth-order valence-electron chi connectivity index (χ4n) is 3.91. The van der Waals surface area contributed by atoms with Crippen LogP contribution in [0.4, 0.5) is 30.7 Å². The summed E-state index contributed by atoms with van der Waals surface area (Å²) in [6.07, 6.45) is -12.2. The SMILES string of the molecule is CCOC(=O)[C@@H]1C(c2c(F)cccc2Cl)[C@H](C(=O)OCC)[C@@](O)(C(F)(F)F)N[C@@]1(O)C(F)(F)F. The van der Waals surface area contributed by atoms with E-state index in [2.05, 4.69) is 9.47 Å². The van der Waals surface area contributed by atoms with Crippen molar-refractivity contribution in [2.75, 3.05) is 13.2 Å². The monoisotopic (exact) mass is 525 g/mol. The van der Waals surface area contributed by atoms with Crippen LogP contribution in [0.3, 0.4) is 0 Å². The van der Waals surface area contributed by atoms with Crippen molar-refractivity contribution in [2.45, 2.75) is 43.6 Å². The van der Waals surface area contributed by atoms with Crippen LogP contribution in [0.2, 0.25) is 5.02 Å². The van der Waals surface area contributed by atoms with Gasteiger partial charge in [-0.3, -0.25) is 9.59 Å². The fourth-order valence-corrected chi connectivity index (χ4v) is 4.20. The van der Waals surface area contributed by atoms with E-state index in [1.54, 1.807) is 0 Å². The zero-order chi connectivity index (χ0) is 26.3. The maximum atomic E-state index is 14.8. The zero-order valence-corrected chi connectivity index (χ0v) is 18.2. The number of nitrogens with one attached hydrogen (secondary N) is 1. The van der Waals surface area contributed by atoms with Crippen molar-refractivity contribution < 1.29 is 60.0 Å². The van der Waals surface area contributed by atoms with Gasteiger partial charge in [0.2, 0.25) is 11.4 Å². The molecule has 1 aromatic carbocycles. The molecule has 1 fully saturated rings. The smallest absolute Gasteiger partial charge is 0.432 e. The van der Waals surface area contributed by atoms with Crippen molar-refractivity contribution in [1.29, 1.82) is 0 Å². The highest BCUT2D eigenvalue weighted by atomic mass is 35.5. The lowest BCUT2D eigenvalue weighted by Crippen LogP contribution is -2.81. The highest BCUT2D eigenvalue weighted by molar-refractivity contribution is 6.31. The summed E-state index contributed by atoms with van der Waals surface area (Å²) < 4.78 is 108. The molecule has 15 heteroatoms. The normalized spacial score (nSPS) is 30.1. The van der Waals surface area contributed by atoms with Gasteiger partial charge in [-0.1, -0.05) is 17.7 Å². The molecule has 0 radical (unpaired) electrons. The quantitative estimate of drug-likeness (QED) is 0.401. The van der Waals surface area contributed by atoms with Gasteiger partial charge < -0.3 is 19.7 Å². The largest absolute Gasteiger partial charge is 0.466 e. The molecule has 0 bridgehead atoms. The average molecular weight is 526 g/mol. The number of carbonyl (C=O) groups is 2. The summed E-state index contributed by atoms with van der Waals surface area (Å²) >= 11 is 5.88. The van der Waals surface area contributed by atoms with Crippen LogP contribution in [0.25, 0.3) is 0 Å². The number of hydrogen-bond donors (Lipinski definition) is 3. The van der Waals surface area contributed by atoms with Crippen LogP contribution in [-0.2, 0) is 19.1 Å². The van der Waals surface area contributed by atoms with E-state index in [1.807, 2.05) is 0 Å². The minimum absolute atomic E-state index is 0.590. The number of ether oxygens (including phenoxy) is 2. The van der Waals surface area contributed by atoms with Gasteiger partial charge in [0.05, 0.1) is 13.2 Å². The maximum Gasteiger partial charge on any atom is 0.432 e. The number of alkyl halides is 6. The molecule has 1 aliphatic heterocycles. The van der Waals surface area contributed by atoms with Crippen LogP contribution >= 0.6 is 11.6 Å². The maximum absolute atomic E-state index is 14.8. The van der Waals surface area contributed by atoms with Crippen LogP contribution < -0.4 is 5.32 Å². The highest BCUT2D eigenvalue weighted by Crippen LogP contribution is 2.56. The number of aliphatic hydroxyl groups is 2. The van der Waals surface area contributed by atoms with E-state index in [-0.39, 0.29) is 0 Å². The standard InChI is InChI=1S/C19H19ClF7NO6/c1-3-33-14(29)12-11(10-8(20)6-5-7-9(10)21)13(15(30)34-4-2)17(32,19(25,26)27)28-16(12,31)18(22,23)24/h5-7,11-13,28,31-32H,3-4H2,1-2H3/t11?,12-,13+,16-,17+. The Balaban J connectivity index is 3.06. The van der Waals surface area contributed by atoms with Crippen molar-refractivity contribution in [2.24, 2.45) is 11.8 Å². The molecule has 0 aromatic heterocycles. The Kier molecular flexibility index (Phi) is 7.82. The van der Waals surface area contributed by atoms with Gasteiger partial charge in [-0.25, -0.2) is 9.71 Å². The molecule has 0 spiro atoms. The van der Waals surface area contributed by atoms with Crippen LogP contribution in [0, 0.1) is 17.7 Å². The molecular formula is C19H19ClF7NO6. The first-order chi connectivity index (χ1) is 15.5. The van der Waals surface area contributed by atoms with Gasteiger partial charge in [0.15, 0.2) is 0 Å². The van der Waals surface area contributed by atoms with Crippen LogP contribution in [0.5, 0.6) is 0 Å². The molecule has 0 amide bonds. The number of rotatable bonds is 5. The Labute approximate surface area is 192 Å². The molecule has 192 valence electrons. The van der Waals surface area contributed by atoms with Gasteiger partial charge in [0.1, 0.15) is 17.7 Å². The van der Waals surface area contributed by atoms with Crippen LogP contribution in [-0.4, -0.2) is 59.2 Å². The van der Waals surface area contributed by atoms with Gasteiger partial charge >= 0.3 is 24.3 Å². The lowest BCUT2D eigenvalue weighted by molar-refractivity contribution is -0.376. The number of halogens is 8. The van der Waals surface area contributed by atoms with E-state index in [9.17, 15) is 50.5 Å². The molecule has 5 atom stereocenters. The summed E-state index contributed by atoms with van der Waals surface area (Å²) in [5.74, 6) is -14.5. The molecule has 2 rings (SSSR count). The van der Waals surface area contributed by atoms with E-state index in [0.29, 0.717) is 11.4 Å². The molecule has 0 aliphatic carbocycles. The third kappa shape index (κ3) is 4.55. The van der Waals surface area contributed by atoms with E-state index in [4.69, 9.17) is 11.6 Å². The summed E-state index contributed by atoms with van der Waals surface area (Å²) in [5, 5.41) is 20.8. The number of esters is 2. The first-order valence-corrected chi connectivity index (χ1v) is 10.00. The van der Waals surface area contributed by atoms with Gasteiger partial charge in [0, 0.05) is 16.5 Å². The predicted molar refractivity (Wildman–Crippen MR) is 99.5 cm³/mol. The van der Waals surface area contributed by atoms with E-state index in [1.165, 1.54) is 0 Å². The second kappa shape index (κ2) is 9.47. The van der Waals surface area contributed by atoms with Gasteiger partial charge in [-0.2, -0.15) is 26.3 Å². The molecule has 1 aliphatic rings. The summed E-state index contributed by atoms with van der Waals surface area (Å²) in [5.41, 5.74) is -10.9. The molecule has 1 aromatic rings. The molecule has 34 heavy (non-hydrogen) atoms. The summed E-state index contributed by atoms with van der Waals surface area (Å²) in [6, 6.07) is 2.41. The first kappa shape index (κ1) is 28.1.